The highest BCUT2D eigenvalue weighted by Crippen LogP contribution is 2.25. The van der Waals surface area contributed by atoms with E-state index in [0.717, 1.165) is 18.3 Å². The number of aromatic nitrogens is 2. The number of H-pyrrole nitrogens is 1. The molecule has 3 N–H and O–H groups in total. The Morgan fingerprint density at radius 1 is 1.08 bits per heavy atom. The maximum atomic E-state index is 14.5. The molecule has 1 aromatic heterocycles. The molecule has 3 aromatic rings. The zero-order chi connectivity index (χ0) is 27.9. The van der Waals surface area contributed by atoms with Gasteiger partial charge in [-0.25, -0.2) is 18.6 Å². The lowest BCUT2D eigenvalue weighted by molar-refractivity contribution is 0.0492. The van der Waals surface area contributed by atoms with Crippen LogP contribution >= 0.6 is 0 Å². The van der Waals surface area contributed by atoms with E-state index in [4.69, 9.17) is 14.2 Å². The number of amides is 2. The van der Waals surface area contributed by atoms with Gasteiger partial charge in [0.1, 0.15) is 24.5 Å². The van der Waals surface area contributed by atoms with E-state index < -0.39 is 46.6 Å². The van der Waals surface area contributed by atoms with Crippen molar-refractivity contribution in [2.24, 2.45) is 0 Å². The predicted molar refractivity (Wildman–Crippen MR) is 134 cm³/mol. The minimum Gasteiger partial charge on any atom is -0.483 e. The van der Waals surface area contributed by atoms with Crippen molar-refractivity contribution in [2.75, 3.05) is 11.9 Å². The molecule has 0 fully saturated rings. The SMILES string of the molecule is C[C@@H](COc1ncc(NC(=O)c2cc(F)c(OCc3ccccc3)c(F)c2)c(=O)[nH]1)NC(=O)OC(C)(C)C. The average Bonchev–Trinajstić information content (AvgIpc) is 2.83. The van der Waals surface area contributed by atoms with Crippen LogP contribution in [0.4, 0.5) is 19.3 Å². The van der Waals surface area contributed by atoms with Gasteiger partial charge in [-0.2, -0.15) is 0 Å². The number of nitrogens with one attached hydrogen (secondary N) is 3. The first-order valence-corrected chi connectivity index (χ1v) is 11.6. The van der Waals surface area contributed by atoms with Crippen molar-refractivity contribution in [3.63, 3.8) is 0 Å². The number of ether oxygens (including phenoxy) is 3. The lowest BCUT2D eigenvalue weighted by Gasteiger charge is -2.21. The number of alkyl carbamates (subject to hydrolysis) is 1. The topological polar surface area (TPSA) is 132 Å². The van der Waals surface area contributed by atoms with Crippen LogP contribution < -0.4 is 25.7 Å². The summed E-state index contributed by atoms with van der Waals surface area (Å²) in [7, 11) is 0. The first-order chi connectivity index (χ1) is 17.9. The number of aromatic amines is 1. The largest absolute Gasteiger partial charge is 0.483 e. The monoisotopic (exact) mass is 530 g/mol. The summed E-state index contributed by atoms with van der Waals surface area (Å²) in [5, 5.41) is 4.82. The van der Waals surface area contributed by atoms with Gasteiger partial charge in [-0.1, -0.05) is 30.3 Å². The van der Waals surface area contributed by atoms with E-state index in [-0.39, 0.29) is 30.5 Å². The van der Waals surface area contributed by atoms with E-state index in [1.54, 1.807) is 58.0 Å². The van der Waals surface area contributed by atoms with Crippen LogP contribution in [0.25, 0.3) is 0 Å². The third-order valence-electron chi connectivity index (χ3n) is 4.74. The van der Waals surface area contributed by atoms with Crippen LogP contribution in [-0.4, -0.2) is 40.2 Å². The highest BCUT2D eigenvalue weighted by Gasteiger charge is 2.19. The zero-order valence-corrected chi connectivity index (χ0v) is 21.3. The van der Waals surface area contributed by atoms with Gasteiger partial charge in [-0.3, -0.25) is 14.6 Å². The fourth-order valence-electron chi connectivity index (χ4n) is 3.05. The van der Waals surface area contributed by atoms with Gasteiger partial charge < -0.3 is 24.8 Å². The van der Waals surface area contributed by atoms with E-state index >= 15 is 0 Å². The summed E-state index contributed by atoms with van der Waals surface area (Å²) in [6.07, 6.45) is 0.402. The Morgan fingerprint density at radius 3 is 2.34 bits per heavy atom. The molecule has 0 bridgehead atoms. The van der Waals surface area contributed by atoms with Crippen molar-refractivity contribution in [3.05, 3.63) is 81.8 Å². The lowest BCUT2D eigenvalue weighted by atomic mass is 10.1. The Morgan fingerprint density at radius 2 is 1.74 bits per heavy atom. The van der Waals surface area contributed by atoms with Crippen molar-refractivity contribution in [1.82, 2.24) is 15.3 Å². The first kappa shape index (κ1) is 28.1. The molecular formula is C26H28F2N4O6. The van der Waals surface area contributed by atoms with Gasteiger partial charge in [-0.05, 0) is 45.4 Å². The quantitative estimate of drug-likeness (QED) is 0.378. The van der Waals surface area contributed by atoms with Gasteiger partial charge in [0, 0.05) is 5.56 Å². The van der Waals surface area contributed by atoms with Crippen LogP contribution in [0.1, 0.15) is 43.6 Å². The summed E-state index contributed by atoms with van der Waals surface area (Å²) in [6.45, 7) is 6.74. The molecule has 0 aliphatic rings. The molecule has 0 radical (unpaired) electrons. The second-order valence-electron chi connectivity index (χ2n) is 9.29. The highest BCUT2D eigenvalue weighted by atomic mass is 19.1. The maximum Gasteiger partial charge on any atom is 0.407 e. The van der Waals surface area contributed by atoms with Crippen LogP contribution in [0.3, 0.4) is 0 Å². The van der Waals surface area contributed by atoms with Crippen molar-refractivity contribution >= 4 is 17.7 Å². The first-order valence-electron chi connectivity index (χ1n) is 11.6. The van der Waals surface area contributed by atoms with Gasteiger partial charge in [0.2, 0.25) is 0 Å². The Balaban J connectivity index is 1.58. The van der Waals surface area contributed by atoms with Crippen molar-refractivity contribution in [2.45, 2.75) is 45.9 Å². The number of carbonyl (C=O) groups is 2. The molecule has 0 aliphatic carbocycles. The molecule has 2 aromatic carbocycles. The number of carbonyl (C=O) groups excluding carboxylic acids is 2. The van der Waals surface area contributed by atoms with Gasteiger partial charge >= 0.3 is 6.09 Å². The van der Waals surface area contributed by atoms with Crippen LogP contribution in [-0.2, 0) is 11.3 Å². The van der Waals surface area contributed by atoms with Gasteiger partial charge in [0.25, 0.3) is 17.5 Å². The minimum atomic E-state index is -1.07. The number of anilines is 1. The molecule has 2 amide bonds. The Kier molecular flexibility index (Phi) is 9.00. The predicted octanol–water partition coefficient (Wildman–Crippen LogP) is 4.17. The molecule has 0 spiro atoms. The molecule has 0 unspecified atom stereocenters. The summed E-state index contributed by atoms with van der Waals surface area (Å²) in [6, 6.07) is 9.76. The molecule has 10 nitrogen and oxygen atoms in total. The lowest BCUT2D eigenvalue weighted by Crippen LogP contribution is -2.40. The number of halogens is 2. The van der Waals surface area contributed by atoms with E-state index in [2.05, 4.69) is 20.6 Å². The molecule has 0 aliphatic heterocycles. The minimum absolute atomic E-state index is 0.0366. The summed E-state index contributed by atoms with van der Waals surface area (Å²) in [4.78, 5) is 42.9. The Hall–Kier alpha value is -4.48. The van der Waals surface area contributed by atoms with Gasteiger partial charge in [0.15, 0.2) is 17.4 Å². The summed E-state index contributed by atoms with van der Waals surface area (Å²) in [5.41, 5.74) is -1.35. The van der Waals surface area contributed by atoms with E-state index in [1.807, 2.05) is 0 Å². The molecule has 38 heavy (non-hydrogen) atoms. The van der Waals surface area contributed by atoms with Crippen LogP contribution in [0.5, 0.6) is 11.8 Å². The maximum absolute atomic E-state index is 14.5. The van der Waals surface area contributed by atoms with Crippen molar-refractivity contribution < 1.29 is 32.6 Å². The number of hydrogen-bond donors (Lipinski definition) is 3. The number of benzene rings is 2. The summed E-state index contributed by atoms with van der Waals surface area (Å²) >= 11 is 0. The van der Waals surface area contributed by atoms with Crippen molar-refractivity contribution in [3.8, 4) is 11.8 Å². The fraction of sp³-hybridized carbons (Fsp3) is 0.308. The highest BCUT2D eigenvalue weighted by molar-refractivity contribution is 6.04. The Labute approximate surface area is 217 Å². The van der Waals surface area contributed by atoms with E-state index in [1.165, 1.54) is 0 Å². The molecule has 1 atom stereocenters. The van der Waals surface area contributed by atoms with Crippen LogP contribution in [0, 0.1) is 11.6 Å². The summed E-state index contributed by atoms with van der Waals surface area (Å²) < 4.78 is 44.7. The van der Waals surface area contributed by atoms with Gasteiger partial charge in [0.05, 0.1) is 12.2 Å². The molecule has 1 heterocycles. The summed E-state index contributed by atoms with van der Waals surface area (Å²) in [5.74, 6) is -3.71. The smallest absolute Gasteiger partial charge is 0.407 e. The van der Waals surface area contributed by atoms with Crippen LogP contribution in [0.15, 0.2) is 53.5 Å². The molecule has 0 saturated carbocycles. The van der Waals surface area contributed by atoms with Gasteiger partial charge in [-0.15, -0.1) is 0 Å². The Bertz CT molecular complexity index is 1320. The second kappa shape index (κ2) is 12.2. The molecule has 3 rings (SSSR count). The zero-order valence-electron chi connectivity index (χ0n) is 21.3. The normalized spacial score (nSPS) is 11.8. The average molecular weight is 531 g/mol. The van der Waals surface area contributed by atoms with E-state index in [9.17, 15) is 23.2 Å². The second-order valence-corrected chi connectivity index (χ2v) is 9.29. The number of rotatable bonds is 9. The third-order valence-corrected chi connectivity index (χ3v) is 4.74. The number of hydrogen-bond acceptors (Lipinski definition) is 7. The molecule has 202 valence electrons. The molecular weight excluding hydrogens is 502 g/mol. The fourth-order valence-corrected chi connectivity index (χ4v) is 3.05. The van der Waals surface area contributed by atoms with E-state index in [0.29, 0.717) is 5.56 Å². The molecule has 12 heteroatoms. The number of nitrogens with zero attached hydrogens (tertiary/aromatic N) is 1. The standard InChI is InChI=1S/C26H28F2N4O6/c1-15(30-25(35)38-26(2,3)4)13-37-24-29-12-20(23(34)32-24)31-22(33)17-10-18(27)21(19(28)11-17)36-14-16-8-6-5-7-9-16/h5-12,15H,13-14H2,1-4H3,(H,30,35)(H,31,33)(H,29,32,34)/t15-/m0/s1. The molecule has 0 saturated heterocycles. The van der Waals surface area contributed by atoms with Crippen LogP contribution in [0.2, 0.25) is 0 Å². The third kappa shape index (κ3) is 8.29. The van der Waals surface area contributed by atoms with Crippen molar-refractivity contribution in [1.29, 1.82) is 0 Å².